The number of hydrogen-bond donors (Lipinski definition) is 5. The number of amides is 1. The maximum absolute atomic E-state index is 11.9. The number of nitrogens with zero attached hydrogens (tertiary/aromatic N) is 3. The molecule has 2 aromatic rings. The number of nitrogens with one attached hydrogen (secondary N) is 4. The Labute approximate surface area is 217 Å². The van der Waals surface area contributed by atoms with Gasteiger partial charge < -0.3 is 35.8 Å². The minimum Gasteiger partial charge on any atom is -0.480 e. The Kier molecular flexibility index (Phi) is 11.8. The predicted molar refractivity (Wildman–Crippen MR) is 140 cm³/mol. The van der Waals surface area contributed by atoms with E-state index in [-0.39, 0.29) is 11.9 Å². The number of carboxylic acids is 1. The molecule has 1 atom stereocenters. The Morgan fingerprint density at radius 3 is 2.27 bits per heavy atom. The molecule has 0 saturated heterocycles. The first-order valence-electron chi connectivity index (χ1n) is 12.8. The van der Waals surface area contributed by atoms with E-state index in [9.17, 15) is 14.7 Å². The third-order valence-corrected chi connectivity index (χ3v) is 5.76. The third-order valence-electron chi connectivity index (χ3n) is 5.76. The van der Waals surface area contributed by atoms with E-state index in [4.69, 9.17) is 9.47 Å². The molecule has 1 fully saturated rings. The number of ether oxygens (including phenoxy) is 2. The van der Waals surface area contributed by atoms with Crippen molar-refractivity contribution in [3.63, 3.8) is 0 Å². The van der Waals surface area contributed by atoms with Crippen molar-refractivity contribution < 1.29 is 24.2 Å². The van der Waals surface area contributed by atoms with E-state index in [1.165, 1.54) is 26.2 Å². The SMILES string of the molecule is C[C@H](Nc1nc(NCCOCCOCCNC(=O)c2ccccc2)nc(NC2CCCCC2)n1)C(=O)O. The summed E-state index contributed by atoms with van der Waals surface area (Å²) in [5.41, 5.74) is 0.618. The molecular weight excluding hydrogens is 478 g/mol. The summed E-state index contributed by atoms with van der Waals surface area (Å²) in [6, 6.07) is 8.48. The quantitative estimate of drug-likeness (QED) is 0.209. The van der Waals surface area contributed by atoms with Gasteiger partial charge in [0.2, 0.25) is 17.8 Å². The Morgan fingerprint density at radius 2 is 1.57 bits per heavy atom. The molecule has 1 aromatic carbocycles. The second kappa shape index (κ2) is 15.6. The minimum absolute atomic E-state index is 0.127. The van der Waals surface area contributed by atoms with Crippen molar-refractivity contribution in [1.82, 2.24) is 20.3 Å². The summed E-state index contributed by atoms with van der Waals surface area (Å²) < 4.78 is 11.1. The number of carboxylic acid groups (broad SMARTS) is 1. The van der Waals surface area contributed by atoms with E-state index in [2.05, 4.69) is 36.2 Å². The van der Waals surface area contributed by atoms with Gasteiger partial charge in [0.05, 0.1) is 26.4 Å². The second-order valence-electron chi connectivity index (χ2n) is 8.76. The molecular formula is C25H37N7O5. The van der Waals surface area contributed by atoms with Crippen LogP contribution in [0.2, 0.25) is 0 Å². The molecule has 1 aliphatic rings. The summed E-state index contributed by atoms with van der Waals surface area (Å²) in [6.07, 6.45) is 5.67. The number of benzene rings is 1. The van der Waals surface area contributed by atoms with Crippen molar-refractivity contribution in [1.29, 1.82) is 0 Å². The molecule has 5 N–H and O–H groups in total. The summed E-state index contributed by atoms with van der Waals surface area (Å²) in [5.74, 6) is -0.177. The first kappa shape index (κ1) is 28.1. The lowest BCUT2D eigenvalue weighted by molar-refractivity contribution is -0.137. The number of anilines is 3. The highest BCUT2D eigenvalue weighted by atomic mass is 16.5. The molecule has 1 aromatic heterocycles. The monoisotopic (exact) mass is 515 g/mol. The van der Waals surface area contributed by atoms with Crippen LogP contribution in [-0.2, 0) is 14.3 Å². The Morgan fingerprint density at radius 1 is 0.919 bits per heavy atom. The van der Waals surface area contributed by atoms with Gasteiger partial charge in [0, 0.05) is 24.7 Å². The van der Waals surface area contributed by atoms with Gasteiger partial charge in [0.1, 0.15) is 6.04 Å². The maximum atomic E-state index is 11.9. The first-order valence-corrected chi connectivity index (χ1v) is 12.8. The van der Waals surface area contributed by atoms with Crippen molar-refractivity contribution in [3.05, 3.63) is 35.9 Å². The van der Waals surface area contributed by atoms with Crippen LogP contribution in [0.3, 0.4) is 0 Å². The Bertz CT molecular complexity index is 973. The van der Waals surface area contributed by atoms with Crippen molar-refractivity contribution in [2.75, 3.05) is 55.5 Å². The zero-order valence-corrected chi connectivity index (χ0v) is 21.2. The summed E-state index contributed by atoms with van der Waals surface area (Å²) in [5, 5.41) is 21.2. The molecule has 1 saturated carbocycles. The van der Waals surface area contributed by atoms with Crippen LogP contribution in [0.15, 0.2) is 30.3 Å². The number of aliphatic carboxylic acids is 1. The van der Waals surface area contributed by atoms with Gasteiger partial charge in [-0.05, 0) is 31.9 Å². The molecule has 0 spiro atoms. The zero-order chi connectivity index (χ0) is 26.3. The molecule has 12 nitrogen and oxygen atoms in total. The van der Waals surface area contributed by atoms with Crippen LogP contribution in [-0.4, -0.2) is 83.5 Å². The predicted octanol–water partition coefficient (Wildman–Crippen LogP) is 2.38. The first-order chi connectivity index (χ1) is 18.0. The van der Waals surface area contributed by atoms with Gasteiger partial charge in [-0.25, -0.2) is 0 Å². The molecule has 1 amide bonds. The smallest absolute Gasteiger partial charge is 0.325 e. The van der Waals surface area contributed by atoms with Crippen molar-refractivity contribution in [2.45, 2.75) is 51.1 Å². The molecule has 1 aliphatic carbocycles. The van der Waals surface area contributed by atoms with Gasteiger partial charge in [-0.3, -0.25) is 9.59 Å². The number of aromatic nitrogens is 3. The van der Waals surface area contributed by atoms with Gasteiger partial charge >= 0.3 is 5.97 Å². The van der Waals surface area contributed by atoms with Crippen molar-refractivity contribution in [3.8, 4) is 0 Å². The molecule has 1 heterocycles. The van der Waals surface area contributed by atoms with Crippen molar-refractivity contribution >= 4 is 29.7 Å². The van der Waals surface area contributed by atoms with E-state index < -0.39 is 12.0 Å². The van der Waals surface area contributed by atoms with Crippen LogP contribution in [0.25, 0.3) is 0 Å². The second-order valence-corrected chi connectivity index (χ2v) is 8.76. The van der Waals surface area contributed by atoms with Gasteiger partial charge in [-0.15, -0.1) is 0 Å². The Balaban J connectivity index is 1.34. The average molecular weight is 516 g/mol. The molecule has 0 radical (unpaired) electrons. The highest BCUT2D eigenvalue weighted by molar-refractivity contribution is 5.94. The van der Waals surface area contributed by atoms with Crippen LogP contribution < -0.4 is 21.3 Å². The number of carbonyl (C=O) groups excluding carboxylic acids is 1. The van der Waals surface area contributed by atoms with Gasteiger partial charge in [0.25, 0.3) is 5.91 Å². The lowest BCUT2D eigenvalue weighted by Gasteiger charge is -2.23. The topological polar surface area (TPSA) is 160 Å². The van der Waals surface area contributed by atoms with E-state index >= 15 is 0 Å². The zero-order valence-electron chi connectivity index (χ0n) is 21.2. The van der Waals surface area contributed by atoms with Crippen molar-refractivity contribution in [2.24, 2.45) is 0 Å². The normalized spacial score (nSPS) is 14.5. The number of carbonyl (C=O) groups is 2. The summed E-state index contributed by atoms with van der Waals surface area (Å²) in [7, 11) is 0. The van der Waals surface area contributed by atoms with Gasteiger partial charge in [-0.1, -0.05) is 37.5 Å². The molecule has 3 rings (SSSR count). The standard InChI is InChI=1S/C25H37N7O5/c1-18(22(34)35)28-24-30-23(31-25(32-24)29-20-10-6-3-7-11-20)27-13-15-37-17-16-36-14-12-26-21(33)19-8-4-2-5-9-19/h2,4-5,8-9,18,20H,3,6-7,10-17H2,1H3,(H,26,33)(H,34,35)(H3,27,28,29,30,31,32)/t18-/m0/s1. The molecule has 0 aliphatic heterocycles. The van der Waals surface area contributed by atoms with E-state index in [1.807, 2.05) is 18.2 Å². The summed E-state index contributed by atoms with van der Waals surface area (Å²) in [4.78, 5) is 36.2. The largest absolute Gasteiger partial charge is 0.480 e. The lowest BCUT2D eigenvalue weighted by Crippen LogP contribution is -2.28. The highest BCUT2D eigenvalue weighted by Crippen LogP contribution is 2.21. The summed E-state index contributed by atoms with van der Waals surface area (Å²) >= 11 is 0. The maximum Gasteiger partial charge on any atom is 0.325 e. The minimum atomic E-state index is -0.995. The number of hydrogen-bond acceptors (Lipinski definition) is 10. The van der Waals surface area contributed by atoms with Gasteiger partial charge in [0.15, 0.2) is 0 Å². The van der Waals surface area contributed by atoms with Crippen LogP contribution in [0, 0.1) is 0 Å². The molecule has 12 heteroatoms. The molecule has 0 unspecified atom stereocenters. The Hall–Kier alpha value is -3.51. The molecule has 37 heavy (non-hydrogen) atoms. The fourth-order valence-electron chi connectivity index (χ4n) is 3.75. The molecule has 202 valence electrons. The van der Waals surface area contributed by atoms with Crippen LogP contribution in [0.5, 0.6) is 0 Å². The number of rotatable bonds is 16. The highest BCUT2D eigenvalue weighted by Gasteiger charge is 2.17. The fraction of sp³-hybridized carbons (Fsp3) is 0.560. The lowest BCUT2D eigenvalue weighted by atomic mass is 9.96. The van der Waals surface area contributed by atoms with E-state index in [1.54, 1.807) is 12.1 Å². The molecule has 0 bridgehead atoms. The van der Waals surface area contributed by atoms with Gasteiger partial charge in [-0.2, -0.15) is 15.0 Å². The third kappa shape index (κ3) is 10.6. The fourth-order valence-corrected chi connectivity index (χ4v) is 3.75. The van der Waals surface area contributed by atoms with Crippen LogP contribution in [0.1, 0.15) is 49.4 Å². The van der Waals surface area contributed by atoms with Crippen LogP contribution >= 0.6 is 0 Å². The summed E-state index contributed by atoms with van der Waals surface area (Å²) in [6.45, 7) is 4.01. The van der Waals surface area contributed by atoms with Crippen LogP contribution in [0.4, 0.5) is 17.8 Å². The van der Waals surface area contributed by atoms with E-state index in [0.717, 1.165) is 12.8 Å². The van der Waals surface area contributed by atoms with E-state index in [0.29, 0.717) is 63.0 Å². The average Bonchev–Trinajstić information content (AvgIpc) is 2.90.